The minimum Gasteiger partial charge on any atom is -0.455 e. The van der Waals surface area contributed by atoms with Crippen LogP contribution in [0.2, 0.25) is 0 Å². The van der Waals surface area contributed by atoms with Gasteiger partial charge in [0, 0.05) is 44.9 Å². The summed E-state index contributed by atoms with van der Waals surface area (Å²) in [7, 11) is 0. The SMILES string of the molecule is CC1(C)c2ccc(-c3cc4cccnc4c4ncccc34)cc2-c2c1ccc1c2oc2ccccc21. The monoisotopic (exact) mass is 462 g/mol. The molecule has 0 radical (unpaired) electrons. The number of hydrogen-bond acceptors (Lipinski definition) is 3. The lowest BCUT2D eigenvalue weighted by Crippen LogP contribution is -2.14. The third-order valence-electron chi connectivity index (χ3n) is 7.95. The molecule has 3 aromatic heterocycles. The highest BCUT2D eigenvalue weighted by molar-refractivity contribution is 6.13. The molecular weight excluding hydrogens is 440 g/mol. The number of fused-ring (bicyclic) bond motifs is 10. The average Bonchev–Trinajstić information content (AvgIpc) is 3.40. The predicted octanol–water partition coefficient (Wildman–Crippen LogP) is 8.66. The summed E-state index contributed by atoms with van der Waals surface area (Å²) < 4.78 is 6.50. The van der Waals surface area contributed by atoms with Crippen LogP contribution in [-0.2, 0) is 5.41 Å². The fourth-order valence-electron chi connectivity index (χ4n) is 6.20. The molecule has 3 nitrogen and oxygen atoms in total. The van der Waals surface area contributed by atoms with E-state index in [1.165, 1.54) is 38.8 Å². The summed E-state index contributed by atoms with van der Waals surface area (Å²) in [5.74, 6) is 0. The van der Waals surface area contributed by atoms with Crippen molar-refractivity contribution in [2.45, 2.75) is 19.3 Å². The van der Waals surface area contributed by atoms with Gasteiger partial charge in [-0.3, -0.25) is 9.97 Å². The standard InChI is InChI=1S/C33H22N2O/c1-33(2)26-13-11-19(24-18-20-7-5-15-34-30(20)31-22(24)9-6-16-35-31)17-25(26)29-27(33)14-12-23-21-8-3-4-10-28(21)36-32(23)29/h3-18H,1-2H3. The number of nitrogens with zero attached hydrogens (tertiary/aromatic N) is 2. The van der Waals surface area contributed by atoms with Gasteiger partial charge in [-0.2, -0.15) is 0 Å². The highest BCUT2D eigenvalue weighted by atomic mass is 16.3. The summed E-state index contributed by atoms with van der Waals surface area (Å²) in [6.45, 7) is 4.62. The second-order valence-corrected chi connectivity index (χ2v) is 10.2. The van der Waals surface area contributed by atoms with Crippen molar-refractivity contribution in [2.75, 3.05) is 0 Å². The summed E-state index contributed by atoms with van der Waals surface area (Å²) in [6, 6.07) is 30.2. The Labute approximate surface area is 208 Å². The van der Waals surface area contributed by atoms with E-state index >= 15 is 0 Å². The molecule has 0 aliphatic heterocycles. The van der Waals surface area contributed by atoms with Gasteiger partial charge in [0.05, 0.1) is 11.0 Å². The molecule has 0 unspecified atom stereocenters. The van der Waals surface area contributed by atoms with Gasteiger partial charge in [0.2, 0.25) is 0 Å². The van der Waals surface area contributed by atoms with Gasteiger partial charge in [-0.05, 0) is 58.1 Å². The molecule has 0 fully saturated rings. The van der Waals surface area contributed by atoms with Gasteiger partial charge in [-0.15, -0.1) is 0 Å². The van der Waals surface area contributed by atoms with Gasteiger partial charge >= 0.3 is 0 Å². The third-order valence-corrected chi connectivity index (χ3v) is 7.95. The normalized spacial score (nSPS) is 14.1. The maximum Gasteiger partial charge on any atom is 0.143 e. The molecule has 170 valence electrons. The first kappa shape index (κ1) is 19.8. The molecule has 3 heterocycles. The highest BCUT2D eigenvalue weighted by Gasteiger charge is 2.38. The topological polar surface area (TPSA) is 38.9 Å². The molecular formula is C33H22N2O. The van der Waals surface area contributed by atoms with Crippen LogP contribution in [0.25, 0.3) is 66.0 Å². The fraction of sp³-hybridized carbons (Fsp3) is 0.0909. The van der Waals surface area contributed by atoms with Crippen LogP contribution in [0.3, 0.4) is 0 Å². The van der Waals surface area contributed by atoms with E-state index in [9.17, 15) is 0 Å². The maximum atomic E-state index is 6.50. The van der Waals surface area contributed by atoms with E-state index in [-0.39, 0.29) is 5.41 Å². The zero-order valence-corrected chi connectivity index (χ0v) is 20.0. The Morgan fingerprint density at radius 1 is 0.639 bits per heavy atom. The number of furan rings is 1. The highest BCUT2D eigenvalue weighted by Crippen LogP contribution is 2.53. The van der Waals surface area contributed by atoms with Crippen LogP contribution >= 0.6 is 0 Å². The molecule has 1 aliphatic rings. The summed E-state index contributed by atoms with van der Waals surface area (Å²) >= 11 is 0. The van der Waals surface area contributed by atoms with Gasteiger partial charge < -0.3 is 4.42 Å². The summed E-state index contributed by atoms with van der Waals surface area (Å²) in [5.41, 5.74) is 11.1. The van der Waals surface area contributed by atoms with E-state index in [1.54, 1.807) is 0 Å². The van der Waals surface area contributed by atoms with E-state index < -0.39 is 0 Å². The van der Waals surface area contributed by atoms with Gasteiger partial charge in [0.1, 0.15) is 11.2 Å². The Kier molecular flexibility index (Phi) is 3.73. The second-order valence-electron chi connectivity index (χ2n) is 10.2. The van der Waals surface area contributed by atoms with Crippen molar-refractivity contribution in [3.63, 3.8) is 0 Å². The second kappa shape index (κ2) is 6.79. The van der Waals surface area contributed by atoms with Crippen molar-refractivity contribution >= 4 is 43.7 Å². The minimum absolute atomic E-state index is 0.104. The summed E-state index contributed by atoms with van der Waals surface area (Å²) in [4.78, 5) is 9.35. The van der Waals surface area contributed by atoms with Gasteiger partial charge in [0.25, 0.3) is 0 Å². The van der Waals surface area contributed by atoms with E-state index in [2.05, 4.69) is 85.6 Å². The molecule has 3 heteroatoms. The largest absolute Gasteiger partial charge is 0.455 e. The van der Waals surface area contributed by atoms with Crippen molar-refractivity contribution in [1.82, 2.24) is 9.97 Å². The Bertz CT molecular complexity index is 2030. The Hall–Kier alpha value is -4.50. The van der Waals surface area contributed by atoms with Crippen LogP contribution in [0.15, 0.2) is 102 Å². The molecule has 0 bridgehead atoms. The summed E-state index contributed by atoms with van der Waals surface area (Å²) in [5, 5.41) is 4.55. The van der Waals surface area contributed by atoms with Crippen LogP contribution in [0.1, 0.15) is 25.0 Å². The molecule has 0 N–H and O–H groups in total. The first-order valence-corrected chi connectivity index (χ1v) is 12.3. The molecule has 1 aliphatic carbocycles. The van der Waals surface area contributed by atoms with E-state index in [1.807, 2.05) is 30.6 Å². The summed E-state index contributed by atoms with van der Waals surface area (Å²) in [6.07, 6.45) is 3.68. The van der Waals surface area contributed by atoms with Crippen LogP contribution in [0.4, 0.5) is 0 Å². The average molecular weight is 463 g/mol. The number of hydrogen-bond donors (Lipinski definition) is 0. The van der Waals surface area contributed by atoms with E-state index in [0.717, 1.165) is 38.4 Å². The first-order chi connectivity index (χ1) is 17.6. The lowest BCUT2D eigenvalue weighted by Gasteiger charge is -2.21. The maximum absolute atomic E-state index is 6.50. The molecule has 0 saturated carbocycles. The number of aromatic nitrogens is 2. The van der Waals surface area contributed by atoms with Gasteiger partial charge in [-0.1, -0.05) is 68.4 Å². The number of benzene rings is 4. The lowest BCUT2D eigenvalue weighted by atomic mass is 9.82. The van der Waals surface area contributed by atoms with E-state index in [4.69, 9.17) is 9.40 Å². The van der Waals surface area contributed by atoms with Gasteiger partial charge in [-0.25, -0.2) is 0 Å². The number of pyridine rings is 2. The first-order valence-electron chi connectivity index (χ1n) is 12.3. The van der Waals surface area contributed by atoms with Crippen molar-refractivity contribution in [3.05, 3.63) is 108 Å². The molecule has 7 aromatic rings. The van der Waals surface area contributed by atoms with E-state index in [0.29, 0.717) is 0 Å². The lowest BCUT2D eigenvalue weighted by molar-refractivity contribution is 0.653. The zero-order valence-electron chi connectivity index (χ0n) is 20.0. The molecule has 0 amide bonds. The third kappa shape index (κ3) is 2.47. The molecule has 0 spiro atoms. The molecule has 0 atom stereocenters. The zero-order chi connectivity index (χ0) is 24.0. The quantitative estimate of drug-likeness (QED) is 0.229. The number of rotatable bonds is 1. The van der Waals surface area contributed by atoms with Crippen LogP contribution in [0.5, 0.6) is 0 Å². The minimum atomic E-state index is -0.104. The molecule has 8 rings (SSSR count). The fourth-order valence-corrected chi connectivity index (χ4v) is 6.20. The van der Waals surface area contributed by atoms with Crippen molar-refractivity contribution in [3.8, 4) is 22.3 Å². The Morgan fingerprint density at radius 2 is 1.42 bits per heavy atom. The predicted molar refractivity (Wildman–Crippen MR) is 147 cm³/mol. The van der Waals surface area contributed by atoms with Crippen molar-refractivity contribution in [1.29, 1.82) is 0 Å². The van der Waals surface area contributed by atoms with Gasteiger partial charge in [0.15, 0.2) is 0 Å². The van der Waals surface area contributed by atoms with Crippen LogP contribution in [-0.4, -0.2) is 9.97 Å². The molecule has 36 heavy (non-hydrogen) atoms. The van der Waals surface area contributed by atoms with Crippen LogP contribution in [0, 0.1) is 0 Å². The van der Waals surface area contributed by atoms with Crippen LogP contribution < -0.4 is 0 Å². The molecule has 0 saturated heterocycles. The molecule has 4 aromatic carbocycles. The smallest absolute Gasteiger partial charge is 0.143 e. The van der Waals surface area contributed by atoms with Crippen molar-refractivity contribution in [2.24, 2.45) is 0 Å². The van der Waals surface area contributed by atoms with Crippen molar-refractivity contribution < 1.29 is 4.42 Å². The Morgan fingerprint density at radius 3 is 2.33 bits per heavy atom. The Balaban J connectivity index is 1.46. The number of para-hydroxylation sites is 1.